The zero-order chi connectivity index (χ0) is 5.54. The third kappa shape index (κ3) is 5.17. The number of rotatable bonds is 2. The van der Waals surface area contributed by atoms with E-state index >= 15 is 0 Å². The Hall–Kier alpha value is -0.830. The van der Waals surface area contributed by atoms with E-state index in [0.29, 0.717) is 0 Å². The van der Waals surface area contributed by atoms with E-state index in [9.17, 15) is 0 Å². The predicted molar refractivity (Wildman–Crippen MR) is 30.6 cm³/mol. The van der Waals surface area contributed by atoms with E-state index in [2.05, 4.69) is 10.6 Å². The summed E-state index contributed by atoms with van der Waals surface area (Å²) in [6.45, 7) is 1.91. The minimum atomic E-state index is 1.57. The lowest BCUT2D eigenvalue weighted by molar-refractivity contribution is 0.811. The molecule has 0 atom stereocenters. The van der Waals surface area contributed by atoms with Gasteiger partial charge in [-0.2, -0.15) is 5.10 Å². The maximum atomic E-state index is 4.79. The van der Waals surface area contributed by atoms with Crippen molar-refractivity contribution in [1.29, 1.82) is 0 Å². The minimum absolute atomic E-state index is 1.57. The molecule has 0 amide bonds. The molecule has 0 bridgehead atoms. The topological polar surface area (TPSA) is 50.4 Å². The van der Waals surface area contributed by atoms with Crippen molar-refractivity contribution < 1.29 is 0 Å². The van der Waals surface area contributed by atoms with E-state index < -0.39 is 0 Å². The van der Waals surface area contributed by atoms with E-state index in [1.165, 1.54) is 0 Å². The second-order valence-corrected chi connectivity index (χ2v) is 0.933. The normalized spacial score (nSPS) is 11.1. The van der Waals surface area contributed by atoms with E-state index in [4.69, 9.17) is 5.84 Å². The lowest BCUT2D eigenvalue weighted by Crippen LogP contribution is -2.13. The van der Waals surface area contributed by atoms with Crippen LogP contribution in [0, 0.1) is 0 Å². The summed E-state index contributed by atoms with van der Waals surface area (Å²) in [5.74, 6) is 4.79. The Balaban J connectivity index is 3.09. The Morgan fingerprint density at radius 1 is 1.71 bits per heavy atom. The molecule has 3 N–H and O–H groups in total. The Morgan fingerprint density at radius 3 is 2.86 bits per heavy atom. The highest BCUT2D eigenvalue weighted by molar-refractivity contribution is 5.70. The van der Waals surface area contributed by atoms with E-state index in [1.807, 2.05) is 13.0 Å². The number of hydrogen-bond acceptors (Lipinski definition) is 3. The van der Waals surface area contributed by atoms with Gasteiger partial charge in [-0.25, -0.2) is 11.4 Å². The van der Waals surface area contributed by atoms with Gasteiger partial charge in [-0.3, -0.25) is 0 Å². The fourth-order valence-electron chi connectivity index (χ4n) is 0.172. The van der Waals surface area contributed by atoms with Gasteiger partial charge >= 0.3 is 0 Å². The van der Waals surface area contributed by atoms with Crippen LogP contribution >= 0.6 is 0 Å². The zero-order valence-electron chi connectivity index (χ0n) is 4.26. The molecule has 0 aromatic rings. The fraction of sp³-hybridized carbons (Fsp3) is 0.250. The highest BCUT2D eigenvalue weighted by Gasteiger charge is 1.54. The second kappa shape index (κ2) is 5.17. The lowest BCUT2D eigenvalue weighted by Gasteiger charge is -1.78. The summed E-state index contributed by atoms with van der Waals surface area (Å²) >= 11 is 0. The SMILES string of the molecule is C/C=C/C=N\NN. The summed E-state index contributed by atoms with van der Waals surface area (Å²) in [7, 11) is 0. The lowest BCUT2D eigenvalue weighted by atomic mass is 10.6. The van der Waals surface area contributed by atoms with Gasteiger partial charge in [0.15, 0.2) is 0 Å². The summed E-state index contributed by atoms with van der Waals surface area (Å²) in [4.78, 5) is 0. The molecule has 0 aromatic carbocycles. The average Bonchev–Trinajstić information content (AvgIpc) is 1.69. The smallest absolute Gasteiger partial charge is 0.0480 e. The van der Waals surface area contributed by atoms with Crippen LogP contribution in [-0.2, 0) is 0 Å². The summed E-state index contributed by atoms with van der Waals surface area (Å²) in [6, 6.07) is 0. The summed E-state index contributed by atoms with van der Waals surface area (Å²) in [5, 5.41) is 3.48. The maximum Gasteiger partial charge on any atom is 0.0480 e. The maximum absolute atomic E-state index is 4.79. The summed E-state index contributed by atoms with van der Waals surface area (Å²) in [6.07, 6.45) is 5.21. The molecule has 0 aliphatic heterocycles. The molecular formula is C4H9N3. The van der Waals surface area contributed by atoms with Crippen LogP contribution in [0.1, 0.15) is 6.92 Å². The number of allylic oxidation sites excluding steroid dienone is 2. The molecule has 0 aliphatic rings. The molecule has 0 saturated carbocycles. The molecule has 40 valence electrons. The van der Waals surface area contributed by atoms with Crippen molar-refractivity contribution in [2.45, 2.75) is 6.92 Å². The van der Waals surface area contributed by atoms with Crippen LogP contribution in [0.3, 0.4) is 0 Å². The van der Waals surface area contributed by atoms with Gasteiger partial charge in [0, 0.05) is 6.21 Å². The van der Waals surface area contributed by atoms with Gasteiger partial charge in [-0.05, 0) is 13.0 Å². The van der Waals surface area contributed by atoms with Crippen molar-refractivity contribution in [2.24, 2.45) is 10.9 Å². The van der Waals surface area contributed by atoms with Gasteiger partial charge in [0.2, 0.25) is 0 Å². The van der Waals surface area contributed by atoms with Gasteiger partial charge in [0.1, 0.15) is 0 Å². The molecule has 3 heteroatoms. The molecule has 0 aromatic heterocycles. The van der Waals surface area contributed by atoms with Crippen LogP contribution in [0.5, 0.6) is 0 Å². The standard InChI is InChI=1S/C4H9N3/c1-2-3-4-6-7-5/h2-4,7H,5H2,1H3/b3-2+,6-4-. The molecular weight excluding hydrogens is 90.1 g/mol. The number of nitrogens with zero attached hydrogens (tertiary/aromatic N) is 1. The quantitative estimate of drug-likeness (QED) is 0.291. The van der Waals surface area contributed by atoms with Gasteiger partial charge in [0.25, 0.3) is 0 Å². The number of nitrogens with two attached hydrogens (primary N) is 1. The number of hydrazine groups is 1. The largest absolute Gasteiger partial charge is 0.246 e. The first-order chi connectivity index (χ1) is 3.41. The molecule has 0 saturated heterocycles. The molecule has 0 heterocycles. The molecule has 7 heavy (non-hydrogen) atoms. The number of hydrogen-bond donors (Lipinski definition) is 2. The van der Waals surface area contributed by atoms with Crippen molar-refractivity contribution in [1.82, 2.24) is 5.53 Å². The average molecular weight is 99.1 g/mol. The highest BCUT2D eigenvalue weighted by atomic mass is 15.5. The van der Waals surface area contributed by atoms with Gasteiger partial charge in [-0.1, -0.05) is 6.08 Å². The first kappa shape index (κ1) is 6.17. The molecule has 0 unspecified atom stereocenters. The van der Waals surface area contributed by atoms with E-state index in [0.717, 1.165) is 0 Å². The van der Waals surface area contributed by atoms with E-state index in [1.54, 1.807) is 12.3 Å². The molecule has 0 aliphatic carbocycles. The second-order valence-electron chi connectivity index (χ2n) is 0.933. The van der Waals surface area contributed by atoms with Gasteiger partial charge in [-0.15, -0.1) is 0 Å². The minimum Gasteiger partial charge on any atom is -0.246 e. The van der Waals surface area contributed by atoms with Gasteiger partial charge < -0.3 is 0 Å². The van der Waals surface area contributed by atoms with Crippen molar-refractivity contribution in [3.05, 3.63) is 12.2 Å². The van der Waals surface area contributed by atoms with Crippen LogP contribution in [0.4, 0.5) is 0 Å². The van der Waals surface area contributed by atoms with E-state index in [-0.39, 0.29) is 0 Å². The number of nitrogens with one attached hydrogen (secondary N) is 1. The van der Waals surface area contributed by atoms with Crippen molar-refractivity contribution >= 4 is 6.21 Å². The summed E-state index contributed by atoms with van der Waals surface area (Å²) in [5.41, 5.74) is 2.12. The van der Waals surface area contributed by atoms with Crippen LogP contribution in [0.15, 0.2) is 17.3 Å². The first-order valence-electron chi connectivity index (χ1n) is 2.01. The fourth-order valence-corrected chi connectivity index (χ4v) is 0.172. The van der Waals surface area contributed by atoms with Crippen LogP contribution in [0.25, 0.3) is 0 Å². The molecule has 0 spiro atoms. The summed E-state index contributed by atoms with van der Waals surface area (Å²) < 4.78 is 0. The monoisotopic (exact) mass is 99.1 g/mol. The van der Waals surface area contributed by atoms with Crippen molar-refractivity contribution in [3.63, 3.8) is 0 Å². The molecule has 3 nitrogen and oxygen atoms in total. The van der Waals surface area contributed by atoms with Gasteiger partial charge in [0.05, 0.1) is 0 Å². The van der Waals surface area contributed by atoms with Crippen molar-refractivity contribution in [3.8, 4) is 0 Å². The third-order valence-corrected chi connectivity index (χ3v) is 0.428. The predicted octanol–water partition coefficient (Wildman–Crippen LogP) is 0.0116. The Bertz CT molecular complexity index is 75.0. The zero-order valence-corrected chi connectivity index (χ0v) is 4.26. The Kier molecular flexibility index (Phi) is 4.56. The third-order valence-electron chi connectivity index (χ3n) is 0.428. The van der Waals surface area contributed by atoms with Crippen molar-refractivity contribution in [2.75, 3.05) is 0 Å². The Morgan fingerprint density at radius 2 is 2.43 bits per heavy atom. The molecule has 0 fully saturated rings. The molecule has 0 radical (unpaired) electrons. The highest BCUT2D eigenvalue weighted by Crippen LogP contribution is 1.59. The van der Waals surface area contributed by atoms with Crippen LogP contribution in [0.2, 0.25) is 0 Å². The number of hydrazone groups is 1. The first-order valence-corrected chi connectivity index (χ1v) is 2.01. The molecule has 0 rings (SSSR count). The van der Waals surface area contributed by atoms with Crippen LogP contribution < -0.4 is 11.4 Å². The van der Waals surface area contributed by atoms with Crippen LogP contribution in [-0.4, -0.2) is 6.21 Å². The Labute approximate surface area is 42.9 Å².